The highest BCUT2D eigenvalue weighted by atomic mass is 16.4. The molecule has 158 valence electrons. The molecule has 4 saturated carbocycles. The molecule has 0 saturated heterocycles. The van der Waals surface area contributed by atoms with Crippen LogP contribution >= 0.6 is 0 Å². The zero-order valence-electron chi connectivity index (χ0n) is 17.1. The van der Waals surface area contributed by atoms with Crippen molar-refractivity contribution < 1.29 is 19.5 Å². The SMILES string of the molecule is CC(C)CC(CNC(=O)CCNC(=O)NC12CC3CC(CC(C3)C1)C2)C(=O)O. The third kappa shape index (κ3) is 5.39. The molecule has 0 radical (unpaired) electrons. The fraction of sp³-hybridized carbons (Fsp3) is 0.857. The zero-order chi connectivity index (χ0) is 20.3. The Morgan fingerprint density at radius 2 is 1.57 bits per heavy atom. The monoisotopic (exact) mass is 393 g/mol. The van der Waals surface area contributed by atoms with Crippen LogP contribution in [0.1, 0.15) is 65.2 Å². The van der Waals surface area contributed by atoms with Gasteiger partial charge in [-0.25, -0.2) is 4.79 Å². The average molecular weight is 394 g/mol. The van der Waals surface area contributed by atoms with Gasteiger partial charge < -0.3 is 21.1 Å². The molecule has 7 heteroatoms. The van der Waals surface area contributed by atoms with Gasteiger partial charge in [0.2, 0.25) is 5.91 Å². The third-order valence-corrected chi connectivity index (χ3v) is 6.71. The highest BCUT2D eigenvalue weighted by Crippen LogP contribution is 2.55. The molecule has 0 aliphatic heterocycles. The second kappa shape index (κ2) is 8.70. The summed E-state index contributed by atoms with van der Waals surface area (Å²) in [5, 5.41) is 17.9. The molecule has 4 bridgehead atoms. The number of amides is 3. The van der Waals surface area contributed by atoms with E-state index in [-0.39, 0.29) is 42.9 Å². The number of hydrogen-bond acceptors (Lipinski definition) is 3. The van der Waals surface area contributed by atoms with Crippen molar-refractivity contribution in [2.24, 2.45) is 29.6 Å². The molecule has 0 aromatic carbocycles. The second-order valence-electron chi connectivity index (χ2n) is 9.80. The van der Waals surface area contributed by atoms with Crippen molar-refractivity contribution in [2.75, 3.05) is 13.1 Å². The molecule has 3 amide bonds. The van der Waals surface area contributed by atoms with Gasteiger partial charge in [0.05, 0.1) is 5.92 Å². The van der Waals surface area contributed by atoms with Gasteiger partial charge in [-0.2, -0.15) is 0 Å². The Kier molecular flexibility index (Phi) is 6.50. The Morgan fingerprint density at radius 3 is 2.07 bits per heavy atom. The van der Waals surface area contributed by atoms with Gasteiger partial charge in [-0.05, 0) is 68.6 Å². The first-order valence-corrected chi connectivity index (χ1v) is 10.8. The molecule has 1 unspecified atom stereocenters. The van der Waals surface area contributed by atoms with E-state index in [2.05, 4.69) is 16.0 Å². The van der Waals surface area contributed by atoms with Crippen LogP contribution in [0.4, 0.5) is 4.79 Å². The number of urea groups is 1. The summed E-state index contributed by atoms with van der Waals surface area (Å²) < 4.78 is 0. The number of carboxylic acids is 1. The van der Waals surface area contributed by atoms with Gasteiger partial charge in [-0.3, -0.25) is 9.59 Å². The van der Waals surface area contributed by atoms with Crippen LogP contribution in [-0.4, -0.2) is 41.6 Å². The second-order valence-corrected chi connectivity index (χ2v) is 9.80. The third-order valence-electron chi connectivity index (χ3n) is 6.71. The molecule has 0 aromatic heterocycles. The number of aliphatic carboxylic acids is 1. The number of hydrogen-bond donors (Lipinski definition) is 4. The van der Waals surface area contributed by atoms with Crippen LogP contribution in [-0.2, 0) is 9.59 Å². The summed E-state index contributed by atoms with van der Waals surface area (Å²) >= 11 is 0. The van der Waals surface area contributed by atoms with Crippen molar-refractivity contribution in [3.63, 3.8) is 0 Å². The van der Waals surface area contributed by atoms with Crippen LogP contribution in [0.2, 0.25) is 0 Å². The Balaban J connectivity index is 1.35. The first kappa shape index (κ1) is 20.9. The van der Waals surface area contributed by atoms with Gasteiger partial charge in [0.1, 0.15) is 0 Å². The molecular weight excluding hydrogens is 358 g/mol. The number of carboxylic acid groups (broad SMARTS) is 1. The summed E-state index contributed by atoms with van der Waals surface area (Å²) in [6.45, 7) is 4.31. The van der Waals surface area contributed by atoms with E-state index in [1.54, 1.807) is 0 Å². The lowest BCUT2D eigenvalue weighted by molar-refractivity contribution is -0.142. The number of carbonyl (C=O) groups is 3. The normalized spacial score (nSPS) is 31.5. The maximum atomic E-state index is 12.4. The van der Waals surface area contributed by atoms with E-state index >= 15 is 0 Å². The Morgan fingerprint density at radius 1 is 1.00 bits per heavy atom. The lowest BCUT2D eigenvalue weighted by atomic mass is 9.53. The van der Waals surface area contributed by atoms with Crippen molar-refractivity contribution in [3.05, 3.63) is 0 Å². The maximum absolute atomic E-state index is 12.4. The van der Waals surface area contributed by atoms with Crippen molar-refractivity contribution in [1.82, 2.24) is 16.0 Å². The molecule has 4 fully saturated rings. The molecule has 1 atom stereocenters. The largest absolute Gasteiger partial charge is 0.481 e. The standard InChI is InChI=1S/C21H35N3O4/c1-13(2)5-17(19(26)27)12-23-18(25)3-4-22-20(28)24-21-9-14-6-15(10-21)8-16(7-14)11-21/h13-17H,3-12H2,1-2H3,(H,23,25)(H,26,27)(H2,22,24,28). The fourth-order valence-corrected chi connectivity index (χ4v) is 6.00. The van der Waals surface area contributed by atoms with Crippen molar-refractivity contribution >= 4 is 17.9 Å². The summed E-state index contributed by atoms with van der Waals surface area (Å²) in [6, 6.07) is -0.182. The summed E-state index contributed by atoms with van der Waals surface area (Å²) in [7, 11) is 0. The lowest BCUT2D eigenvalue weighted by Crippen LogP contribution is -2.61. The Bertz CT molecular complexity index is 569. The molecule has 28 heavy (non-hydrogen) atoms. The first-order chi connectivity index (χ1) is 13.2. The van der Waals surface area contributed by atoms with Gasteiger partial charge in [0, 0.05) is 25.0 Å². The van der Waals surface area contributed by atoms with E-state index in [0.29, 0.717) is 6.42 Å². The van der Waals surface area contributed by atoms with Gasteiger partial charge in [0.15, 0.2) is 0 Å². The molecule has 0 aromatic rings. The van der Waals surface area contributed by atoms with Crippen molar-refractivity contribution in [3.8, 4) is 0 Å². The van der Waals surface area contributed by atoms with E-state index in [1.165, 1.54) is 19.3 Å². The predicted molar refractivity (Wildman–Crippen MR) is 106 cm³/mol. The minimum atomic E-state index is -0.887. The van der Waals surface area contributed by atoms with E-state index in [0.717, 1.165) is 37.0 Å². The van der Waals surface area contributed by atoms with Gasteiger partial charge >= 0.3 is 12.0 Å². The molecule has 4 N–H and O–H groups in total. The molecule has 4 aliphatic rings. The maximum Gasteiger partial charge on any atom is 0.315 e. The molecule has 4 aliphatic carbocycles. The fourth-order valence-electron chi connectivity index (χ4n) is 6.00. The van der Waals surface area contributed by atoms with Crippen LogP contribution in [0.5, 0.6) is 0 Å². The Labute approximate surface area is 167 Å². The van der Waals surface area contributed by atoms with E-state index in [1.807, 2.05) is 13.8 Å². The van der Waals surface area contributed by atoms with E-state index < -0.39 is 11.9 Å². The Hall–Kier alpha value is -1.79. The molecule has 4 rings (SSSR count). The first-order valence-electron chi connectivity index (χ1n) is 10.8. The molecule has 0 spiro atoms. The zero-order valence-corrected chi connectivity index (χ0v) is 17.1. The lowest BCUT2D eigenvalue weighted by Gasteiger charge is -2.56. The van der Waals surface area contributed by atoms with Gasteiger partial charge in [-0.15, -0.1) is 0 Å². The number of nitrogens with one attached hydrogen (secondary N) is 3. The van der Waals surface area contributed by atoms with Crippen molar-refractivity contribution in [2.45, 2.75) is 70.8 Å². The number of rotatable bonds is 9. The quantitative estimate of drug-likeness (QED) is 0.483. The van der Waals surface area contributed by atoms with Gasteiger partial charge in [0.25, 0.3) is 0 Å². The molecule has 0 heterocycles. The van der Waals surface area contributed by atoms with Crippen LogP contribution < -0.4 is 16.0 Å². The molecule has 7 nitrogen and oxygen atoms in total. The summed E-state index contributed by atoms with van der Waals surface area (Å²) in [5.41, 5.74) is -0.0351. The highest BCUT2D eigenvalue weighted by molar-refractivity contribution is 5.79. The molecular formula is C21H35N3O4. The topological polar surface area (TPSA) is 108 Å². The smallest absolute Gasteiger partial charge is 0.315 e. The summed E-state index contributed by atoms with van der Waals surface area (Å²) in [6.07, 6.45) is 7.96. The van der Waals surface area contributed by atoms with E-state index in [9.17, 15) is 19.5 Å². The van der Waals surface area contributed by atoms with Gasteiger partial charge in [-0.1, -0.05) is 13.8 Å². The van der Waals surface area contributed by atoms with Crippen LogP contribution in [0.15, 0.2) is 0 Å². The number of carbonyl (C=O) groups excluding carboxylic acids is 2. The van der Waals surface area contributed by atoms with Crippen molar-refractivity contribution in [1.29, 1.82) is 0 Å². The predicted octanol–water partition coefficient (Wildman–Crippen LogP) is 2.51. The summed E-state index contributed by atoms with van der Waals surface area (Å²) in [5.74, 6) is 0.873. The minimum absolute atomic E-state index is 0.0351. The average Bonchev–Trinajstić information content (AvgIpc) is 2.56. The summed E-state index contributed by atoms with van der Waals surface area (Å²) in [4.78, 5) is 35.6. The minimum Gasteiger partial charge on any atom is -0.481 e. The highest BCUT2D eigenvalue weighted by Gasteiger charge is 2.51. The van der Waals surface area contributed by atoms with Crippen LogP contribution in [0.3, 0.4) is 0 Å². The van der Waals surface area contributed by atoms with E-state index in [4.69, 9.17) is 0 Å². The van der Waals surface area contributed by atoms with Crippen LogP contribution in [0.25, 0.3) is 0 Å². The van der Waals surface area contributed by atoms with Crippen LogP contribution in [0, 0.1) is 29.6 Å².